The molecule has 3 rings (SSSR count). The second-order valence-electron chi connectivity index (χ2n) is 7.11. The van der Waals surface area contributed by atoms with Crippen LogP contribution in [-0.2, 0) is 0 Å². The number of piperidine rings is 1. The number of hydrogen-bond acceptors (Lipinski definition) is 3. The van der Waals surface area contributed by atoms with Crippen molar-refractivity contribution in [3.05, 3.63) is 47.2 Å². The van der Waals surface area contributed by atoms with Crippen LogP contribution in [0.15, 0.2) is 36.5 Å². The highest BCUT2D eigenvalue weighted by Gasteiger charge is 2.15. The number of para-hydroxylation sites is 1. The van der Waals surface area contributed by atoms with Gasteiger partial charge in [0.2, 0.25) is 0 Å². The molecule has 1 fully saturated rings. The molecule has 1 unspecified atom stereocenters. The van der Waals surface area contributed by atoms with Crippen LogP contribution in [0.1, 0.15) is 43.1 Å². The first-order valence-electron chi connectivity index (χ1n) is 9.44. The lowest BCUT2D eigenvalue weighted by Crippen LogP contribution is -2.35. The maximum atomic E-state index is 12.3. The highest BCUT2D eigenvalue weighted by molar-refractivity contribution is 6.32. The van der Waals surface area contributed by atoms with Crippen molar-refractivity contribution >= 4 is 17.5 Å². The van der Waals surface area contributed by atoms with Crippen molar-refractivity contribution in [2.45, 2.75) is 32.6 Å². The first-order chi connectivity index (χ1) is 12.6. The molecule has 140 valence electrons. The Morgan fingerprint density at radius 1 is 1.31 bits per heavy atom. The highest BCUT2D eigenvalue weighted by atomic mass is 35.5. The van der Waals surface area contributed by atoms with Gasteiger partial charge in [-0.3, -0.25) is 4.79 Å². The van der Waals surface area contributed by atoms with Gasteiger partial charge in [0, 0.05) is 19.3 Å². The molecule has 2 heterocycles. The summed E-state index contributed by atoms with van der Waals surface area (Å²) in [5.74, 6) is 0.680. The van der Waals surface area contributed by atoms with Crippen LogP contribution in [0.4, 0.5) is 0 Å². The summed E-state index contributed by atoms with van der Waals surface area (Å²) in [6.45, 7) is 6.57. The molecule has 1 aromatic carbocycles. The summed E-state index contributed by atoms with van der Waals surface area (Å²) < 4.78 is 1.63. The van der Waals surface area contributed by atoms with Crippen LogP contribution < -0.4 is 5.32 Å². The van der Waals surface area contributed by atoms with Crippen molar-refractivity contribution in [1.82, 2.24) is 20.0 Å². The third-order valence-corrected chi connectivity index (χ3v) is 5.17. The van der Waals surface area contributed by atoms with E-state index in [1.165, 1.54) is 25.9 Å². The minimum Gasteiger partial charge on any atom is -0.351 e. The fourth-order valence-electron chi connectivity index (χ4n) is 3.46. The number of amides is 1. The molecule has 6 heteroatoms. The van der Waals surface area contributed by atoms with Crippen molar-refractivity contribution in [2.75, 3.05) is 26.2 Å². The topological polar surface area (TPSA) is 50.2 Å². The molecule has 0 aliphatic carbocycles. The average molecular weight is 375 g/mol. The lowest BCUT2D eigenvalue weighted by molar-refractivity contribution is 0.0947. The van der Waals surface area contributed by atoms with Gasteiger partial charge >= 0.3 is 0 Å². The molecule has 26 heavy (non-hydrogen) atoms. The van der Waals surface area contributed by atoms with E-state index in [0.29, 0.717) is 17.3 Å². The number of carbonyl (C=O) groups excluding carboxylic acids is 1. The van der Waals surface area contributed by atoms with Gasteiger partial charge in [0.25, 0.3) is 5.91 Å². The fourth-order valence-corrected chi connectivity index (χ4v) is 3.68. The van der Waals surface area contributed by atoms with Gasteiger partial charge in [-0.1, -0.05) is 30.7 Å². The molecule has 1 N–H and O–H groups in total. The molecule has 1 amide bonds. The highest BCUT2D eigenvalue weighted by Crippen LogP contribution is 2.19. The molecule has 1 saturated heterocycles. The molecule has 1 atom stereocenters. The van der Waals surface area contributed by atoms with Crippen LogP contribution in [0.25, 0.3) is 5.69 Å². The summed E-state index contributed by atoms with van der Waals surface area (Å²) in [6.07, 6.45) is 6.52. The van der Waals surface area contributed by atoms with Gasteiger partial charge in [0.15, 0.2) is 5.69 Å². The molecule has 0 radical (unpaired) electrons. The Hall–Kier alpha value is -1.85. The van der Waals surface area contributed by atoms with Gasteiger partial charge < -0.3 is 10.2 Å². The van der Waals surface area contributed by atoms with Crippen molar-refractivity contribution < 1.29 is 4.79 Å². The average Bonchev–Trinajstić information content (AvgIpc) is 3.12. The van der Waals surface area contributed by atoms with E-state index in [9.17, 15) is 4.79 Å². The molecule has 0 bridgehead atoms. The number of unbranched alkanes of at least 4 members (excludes halogenated alkanes) is 1. The Labute approximate surface area is 160 Å². The Bertz CT molecular complexity index is 730. The Balaban J connectivity index is 1.41. The Morgan fingerprint density at radius 3 is 2.96 bits per heavy atom. The van der Waals surface area contributed by atoms with E-state index in [4.69, 9.17) is 11.6 Å². The van der Waals surface area contributed by atoms with Crippen LogP contribution in [0.3, 0.4) is 0 Å². The fraction of sp³-hybridized carbons (Fsp3) is 0.500. The van der Waals surface area contributed by atoms with Crippen LogP contribution in [-0.4, -0.2) is 46.8 Å². The van der Waals surface area contributed by atoms with E-state index >= 15 is 0 Å². The van der Waals surface area contributed by atoms with Crippen LogP contribution in [0.2, 0.25) is 5.02 Å². The van der Waals surface area contributed by atoms with Crippen molar-refractivity contribution in [3.8, 4) is 5.69 Å². The quantitative estimate of drug-likeness (QED) is 0.750. The Morgan fingerprint density at radius 2 is 2.15 bits per heavy atom. The predicted octanol–water partition coefficient (Wildman–Crippen LogP) is 3.77. The lowest BCUT2D eigenvalue weighted by atomic mass is 10.0. The molecule has 0 spiro atoms. The molecular formula is C20H27ClN4O. The summed E-state index contributed by atoms with van der Waals surface area (Å²) in [5, 5.41) is 7.90. The second-order valence-corrected chi connectivity index (χ2v) is 7.52. The molecule has 0 saturated carbocycles. The molecule has 1 aromatic heterocycles. The van der Waals surface area contributed by atoms with Crippen LogP contribution in [0.5, 0.6) is 0 Å². The third kappa shape index (κ3) is 5.08. The van der Waals surface area contributed by atoms with E-state index < -0.39 is 0 Å². The van der Waals surface area contributed by atoms with Crippen LogP contribution in [0, 0.1) is 5.92 Å². The first kappa shape index (κ1) is 18.9. The zero-order chi connectivity index (χ0) is 18.4. The van der Waals surface area contributed by atoms with E-state index in [-0.39, 0.29) is 5.91 Å². The van der Waals surface area contributed by atoms with E-state index in [1.807, 2.05) is 18.2 Å². The number of nitrogens with one attached hydrogen (secondary N) is 1. The molecule has 5 nitrogen and oxygen atoms in total. The van der Waals surface area contributed by atoms with Gasteiger partial charge in [-0.05, 0) is 62.9 Å². The van der Waals surface area contributed by atoms with Gasteiger partial charge in [0.05, 0.1) is 10.7 Å². The van der Waals surface area contributed by atoms with Crippen molar-refractivity contribution in [1.29, 1.82) is 0 Å². The van der Waals surface area contributed by atoms with Gasteiger partial charge in [-0.25, -0.2) is 4.68 Å². The number of likely N-dealkylation sites (tertiary alicyclic amines) is 1. The number of halogens is 1. The second kappa shape index (κ2) is 9.19. The number of aromatic nitrogens is 2. The summed E-state index contributed by atoms with van der Waals surface area (Å²) in [5.41, 5.74) is 1.18. The lowest BCUT2D eigenvalue weighted by Gasteiger charge is -2.30. The van der Waals surface area contributed by atoms with Crippen LogP contribution >= 0.6 is 11.6 Å². The number of carbonyl (C=O) groups is 1. The van der Waals surface area contributed by atoms with Gasteiger partial charge in [0.1, 0.15) is 0 Å². The van der Waals surface area contributed by atoms with E-state index in [1.54, 1.807) is 23.0 Å². The summed E-state index contributed by atoms with van der Waals surface area (Å²) in [7, 11) is 0. The normalized spacial score (nSPS) is 18.0. The summed E-state index contributed by atoms with van der Waals surface area (Å²) >= 11 is 6.17. The predicted molar refractivity (Wildman–Crippen MR) is 105 cm³/mol. The van der Waals surface area contributed by atoms with Crippen molar-refractivity contribution in [2.24, 2.45) is 5.92 Å². The minimum absolute atomic E-state index is 0.137. The van der Waals surface area contributed by atoms with E-state index in [2.05, 4.69) is 22.2 Å². The smallest absolute Gasteiger partial charge is 0.271 e. The third-order valence-electron chi connectivity index (χ3n) is 4.85. The number of hydrogen-bond donors (Lipinski definition) is 1. The standard InChI is InChI=1S/C20H27ClN4O/c1-16-7-6-13-24(15-16)12-5-4-11-22-20(26)18-10-14-25(23-18)19-9-3-2-8-17(19)21/h2-3,8-10,14,16H,4-7,11-13,15H2,1H3,(H,22,26). The first-order valence-corrected chi connectivity index (χ1v) is 9.82. The van der Waals surface area contributed by atoms with Gasteiger partial charge in [-0.2, -0.15) is 5.10 Å². The summed E-state index contributed by atoms with van der Waals surface area (Å²) in [6, 6.07) is 9.16. The minimum atomic E-state index is -0.137. The number of benzene rings is 1. The largest absolute Gasteiger partial charge is 0.351 e. The molecule has 2 aromatic rings. The molecule has 1 aliphatic heterocycles. The SMILES string of the molecule is CC1CCCN(CCCCNC(=O)c2ccn(-c3ccccc3Cl)n2)C1. The maximum Gasteiger partial charge on any atom is 0.271 e. The molecular weight excluding hydrogens is 348 g/mol. The zero-order valence-electron chi connectivity index (χ0n) is 15.3. The maximum absolute atomic E-state index is 12.3. The summed E-state index contributed by atoms with van der Waals surface area (Å²) in [4.78, 5) is 14.8. The van der Waals surface area contributed by atoms with Gasteiger partial charge in [-0.15, -0.1) is 0 Å². The van der Waals surface area contributed by atoms with Crippen molar-refractivity contribution in [3.63, 3.8) is 0 Å². The monoisotopic (exact) mass is 374 g/mol. The Kier molecular flexibility index (Phi) is 6.69. The molecule has 1 aliphatic rings. The number of rotatable bonds is 7. The number of nitrogens with zero attached hydrogens (tertiary/aromatic N) is 3. The van der Waals surface area contributed by atoms with E-state index in [0.717, 1.165) is 31.0 Å². The zero-order valence-corrected chi connectivity index (χ0v) is 16.1.